The fourth-order valence-corrected chi connectivity index (χ4v) is 4.02. The Labute approximate surface area is 107 Å². The smallest absolute Gasteiger partial charge is 0.159 e. The first-order valence-electron chi connectivity index (χ1n) is 5.85. The average molecular weight is 272 g/mol. The third-order valence-corrected chi connectivity index (χ3v) is 4.90. The van der Waals surface area contributed by atoms with Crippen molar-refractivity contribution in [2.24, 2.45) is 0 Å². The largest absolute Gasteiger partial charge is 0.497 e. The highest BCUT2D eigenvalue weighted by atomic mass is 32.2. The first kappa shape index (κ1) is 13.3. The summed E-state index contributed by atoms with van der Waals surface area (Å²) in [6.07, 6.45) is -0.763. The molecule has 1 aromatic carbocycles. The van der Waals surface area contributed by atoms with Crippen molar-refractivity contribution in [3.63, 3.8) is 0 Å². The summed E-state index contributed by atoms with van der Waals surface area (Å²) in [6, 6.07) is 7.35. The number of sulfone groups is 1. The Morgan fingerprint density at radius 3 is 2.83 bits per heavy atom. The Bertz CT molecular complexity index is 515. The van der Waals surface area contributed by atoms with Crippen molar-refractivity contribution in [1.82, 2.24) is 0 Å². The van der Waals surface area contributed by atoms with Gasteiger partial charge in [-0.15, -0.1) is 0 Å². The Hall–Kier alpha value is -1.11. The summed E-state index contributed by atoms with van der Waals surface area (Å²) < 4.78 is 27.8. The second-order valence-electron chi connectivity index (χ2n) is 4.60. The number of hydrogen-bond donors (Lipinski definition) is 2. The minimum absolute atomic E-state index is 0.0537. The van der Waals surface area contributed by atoms with E-state index in [1.54, 1.807) is 7.11 Å². The van der Waals surface area contributed by atoms with Crippen LogP contribution in [0.1, 0.15) is 5.56 Å². The molecule has 100 valence electrons. The fourth-order valence-electron chi connectivity index (χ4n) is 2.17. The maximum Gasteiger partial charge on any atom is 0.159 e. The molecule has 1 fully saturated rings. The predicted molar refractivity (Wildman–Crippen MR) is 67.1 cm³/mol. The van der Waals surface area contributed by atoms with Crippen molar-refractivity contribution >= 4 is 9.84 Å². The molecule has 0 aromatic heterocycles. The molecule has 0 spiro atoms. The second kappa shape index (κ2) is 5.26. The quantitative estimate of drug-likeness (QED) is 0.730. The van der Waals surface area contributed by atoms with Crippen molar-refractivity contribution in [2.75, 3.05) is 18.6 Å². The van der Waals surface area contributed by atoms with Gasteiger partial charge < -0.3 is 15.2 Å². The molecule has 5 nitrogen and oxygen atoms in total. The number of aliphatic hydroxyl groups is 1. The van der Waals surface area contributed by atoms with Crippen LogP contribution in [0.2, 0.25) is 0 Å². The van der Waals surface area contributed by atoms with Crippen molar-refractivity contribution < 1.29 is 23.6 Å². The van der Waals surface area contributed by atoms with Gasteiger partial charge in [-0.3, -0.25) is 0 Å². The van der Waals surface area contributed by atoms with Gasteiger partial charge in [0.2, 0.25) is 0 Å². The summed E-state index contributed by atoms with van der Waals surface area (Å²) in [6.45, 7) is 0.633. The van der Waals surface area contributed by atoms with E-state index in [1.165, 1.54) is 0 Å². The van der Waals surface area contributed by atoms with E-state index < -0.39 is 15.9 Å². The number of methoxy groups -OCH3 is 1. The SMILES string of the molecule is COc1cccc(C[NH2+][C@@H]2CS(=O)(=O)C[C@H]2O)c1. The number of ether oxygens (including phenoxy) is 1. The maximum atomic E-state index is 11.4. The van der Waals surface area contributed by atoms with Crippen LogP contribution in [-0.4, -0.2) is 44.3 Å². The molecule has 0 amide bonds. The van der Waals surface area contributed by atoms with Crippen LogP contribution < -0.4 is 10.1 Å². The first-order chi connectivity index (χ1) is 8.50. The molecule has 2 rings (SSSR count). The van der Waals surface area contributed by atoms with E-state index in [1.807, 2.05) is 29.6 Å². The molecular weight excluding hydrogens is 254 g/mol. The van der Waals surface area contributed by atoms with Crippen LogP contribution >= 0.6 is 0 Å². The third-order valence-electron chi connectivity index (χ3n) is 3.16. The van der Waals surface area contributed by atoms with Crippen molar-refractivity contribution in [3.8, 4) is 5.75 Å². The van der Waals surface area contributed by atoms with Gasteiger partial charge in [0.15, 0.2) is 9.84 Å². The lowest BCUT2D eigenvalue weighted by atomic mass is 10.1. The number of nitrogens with two attached hydrogens (primary N) is 1. The van der Waals surface area contributed by atoms with Crippen molar-refractivity contribution in [3.05, 3.63) is 29.8 Å². The molecule has 0 radical (unpaired) electrons. The summed E-state index contributed by atoms with van der Waals surface area (Å²) in [5, 5.41) is 11.5. The highest BCUT2D eigenvalue weighted by molar-refractivity contribution is 7.91. The zero-order valence-electron chi connectivity index (χ0n) is 10.2. The third kappa shape index (κ3) is 3.22. The van der Waals surface area contributed by atoms with E-state index in [0.717, 1.165) is 11.3 Å². The molecule has 18 heavy (non-hydrogen) atoms. The number of rotatable bonds is 4. The highest BCUT2D eigenvalue weighted by Crippen LogP contribution is 2.12. The van der Waals surface area contributed by atoms with Crippen LogP contribution in [0.3, 0.4) is 0 Å². The number of benzene rings is 1. The molecular formula is C12H18NO4S+. The van der Waals surface area contributed by atoms with Gasteiger partial charge in [0.05, 0.1) is 12.9 Å². The number of quaternary nitrogens is 1. The van der Waals surface area contributed by atoms with E-state index in [0.29, 0.717) is 6.54 Å². The van der Waals surface area contributed by atoms with E-state index in [9.17, 15) is 13.5 Å². The topological polar surface area (TPSA) is 80.2 Å². The monoisotopic (exact) mass is 272 g/mol. The molecule has 1 heterocycles. The minimum Gasteiger partial charge on any atom is -0.497 e. The van der Waals surface area contributed by atoms with E-state index in [4.69, 9.17) is 4.74 Å². The normalized spacial score (nSPS) is 26.1. The Balaban J connectivity index is 1.95. The van der Waals surface area contributed by atoms with Gasteiger partial charge in [0.1, 0.15) is 30.2 Å². The molecule has 0 saturated carbocycles. The Morgan fingerprint density at radius 2 is 2.22 bits per heavy atom. The zero-order chi connectivity index (χ0) is 13.2. The fraction of sp³-hybridized carbons (Fsp3) is 0.500. The number of hydrogen-bond acceptors (Lipinski definition) is 4. The molecule has 1 aliphatic rings. The number of aliphatic hydroxyl groups excluding tert-OH is 1. The van der Waals surface area contributed by atoms with E-state index in [2.05, 4.69) is 0 Å². The van der Waals surface area contributed by atoms with Crippen molar-refractivity contribution in [2.45, 2.75) is 18.7 Å². The summed E-state index contributed by atoms with van der Waals surface area (Å²) in [5.41, 5.74) is 1.05. The van der Waals surface area contributed by atoms with Crippen LogP contribution in [0.4, 0.5) is 0 Å². The standard InChI is InChI=1S/C12H17NO4S/c1-17-10-4-2-3-9(5-10)6-13-11-7-18(15,16)8-12(11)14/h2-5,11-14H,6-8H2,1H3/p+1/t11-,12-/m1/s1. The minimum atomic E-state index is -3.07. The molecule has 6 heteroatoms. The van der Waals surface area contributed by atoms with Gasteiger partial charge in [-0.05, 0) is 12.1 Å². The van der Waals surface area contributed by atoms with Crippen LogP contribution in [0.5, 0.6) is 5.75 Å². The van der Waals surface area contributed by atoms with E-state index in [-0.39, 0.29) is 17.5 Å². The lowest BCUT2D eigenvalue weighted by Crippen LogP contribution is -2.91. The van der Waals surface area contributed by atoms with Gasteiger partial charge in [0.25, 0.3) is 0 Å². The molecule has 1 aromatic rings. The van der Waals surface area contributed by atoms with Crippen molar-refractivity contribution in [1.29, 1.82) is 0 Å². The molecule has 1 aliphatic heterocycles. The summed E-state index contributed by atoms with van der Waals surface area (Å²) >= 11 is 0. The summed E-state index contributed by atoms with van der Waals surface area (Å²) in [7, 11) is -1.46. The predicted octanol–water partition coefficient (Wildman–Crippen LogP) is -1.08. The van der Waals surface area contributed by atoms with Crippen LogP contribution in [0.15, 0.2) is 24.3 Å². The molecule has 1 saturated heterocycles. The van der Waals surface area contributed by atoms with E-state index >= 15 is 0 Å². The molecule has 0 unspecified atom stereocenters. The van der Waals surface area contributed by atoms with Gasteiger partial charge in [-0.2, -0.15) is 0 Å². The molecule has 0 aliphatic carbocycles. The van der Waals surface area contributed by atoms with Crippen LogP contribution in [0, 0.1) is 0 Å². The van der Waals surface area contributed by atoms with Gasteiger partial charge >= 0.3 is 0 Å². The summed E-state index contributed by atoms with van der Waals surface area (Å²) in [5.74, 6) is 0.713. The van der Waals surface area contributed by atoms with Crippen LogP contribution in [0.25, 0.3) is 0 Å². The summed E-state index contributed by atoms with van der Waals surface area (Å²) in [4.78, 5) is 0. The zero-order valence-corrected chi connectivity index (χ0v) is 11.1. The lowest BCUT2D eigenvalue weighted by Gasteiger charge is -2.11. The van der Waals surface area contributed by atoms with Gasteiger partial charge in [0, 0.05) is 5.56 Å². The second-order valence-corrected chi connectivity index (χ2v) is 6.75. The molecule has 3 N–H and O–H groups in total. The van der Waals surface area contributed by atoms with Gasteiger partial charge in [-0.25, -0.2) is 8.42 Å². The molecule has 0 bridgehead atoms. The lowest BCUT2D eigenvalue weighted by molar-refractivity contribution is -0.705. The average Bonchev–Trinajstić information content (AvgIpc) is 2.60. The molecule has 2 atom stereocenters. The first-order valence-corrected chi connectivity index (χ1v) is 7.67. The van der Waals surface area contributed by atoms with Crippen LogP contribution in [-0.2, 0) is 16.4 Å². The Morgan fingerprint density at radius 1 is 1.44 bits per heavy atom. The Kier molecular flexibility index (Phi) is 3.89. The highest BCUT2D eigenvalue weighted by Gasteiger charge is 2.38. The maximum absolute atomic E-state index is 11.4. The van der Waals surface area contributed by atoms with Gasteiger partial charge in [-0.1, -0.05) is 12.1 Å².